The highest BCUT2D eigenvalue weighted by Crippen LogP contribution is 2.12. The fourth-order valence-electron chi connectivity index (χ4n) is 0.871. The number of rotatable bonds is 7. The number of nitrogens with two attached hydrogens (primary N) is 1. The van der Waals surface area contributed by atoms with Gasteiger partial charge in [0.2, 0.25) is 0 Å². The molecule has 0 aromatic heterocycles. The summed E-state index contributed by atoms with van der Waals surface area (Å²) >= 11 is 0. The molecule has 0 aliphatic heterocycles. The highest BCUT2D eigenvalue weighted by Gasteiger charge is 2.19. The predicted octanol–water partition coefficient (Wildman–Crippen LogP) is 0.0544. The highest BCUT2D eigenvalue weighted by molar-refractivity contribution is 5.74. The molecular weight excluding hydrogens is 198 g/mol. The minimum atomic E-state index is -1.11. The van der Waals surface area contributed by atoms with Gasteiger partial charge in [0.05, 0.1) is 12.2 Å². The first-order chi connectivity index (χ1) is 6.93. The molecule has 1 atom stereocenters. The van der Waals surface area contributed by atoms with E-state index in [4.69, 9.17) is 15.2 Å². The molecule has 15 heavy (non-hydrogen) atoms. The van der Waals surface area contributed by atoms with E-state index in [1.807, 2.05) is 13.8 Å². The Labute approximate surface area is 90.5 Å². The molecule has 0 heterocycles. The van der Waals surface area contributed by atoms with Crippen molar-refractivity contribution in [1.82, 2.24) is 0 Å². The van der Waals surface area contributed by atoms with E-state index in [-0.39, 0.29) is 25.2 Å². The van der Waals surface area contributed by atoms with Crippen molar-refractivity contribution >= 4 is 5.97 Å². The summed E-state index contributed by atoms with van der Waals surface area (Å²) in [4.78, 5) is 11.1. The van der Waals surface area contributed by atoms with E-state index >= 15 is 0 Å². The van der Waals surface area contributed by atoms with Gasteiger partial charge in [-0.15, -0.1) is 0 Å². The van der Waals surface area contributed by atoms with Gasteiger partial charge in [-0.05, 0) is 26.8 Å². The van der Waals surface area contributed by atoms with Crippen LogP contribution in [0.4, 0.5) is 0 Å². The van der Waals surface area contributed by atoms with Crippen LogP contribution in [0, 0.1) is 0 Å². The summed E-state index contributed by atoms with van der Waals surface area (Å²) in [5.74, 6) is -0.618. The van der Waals surface area contributed by atoms with Crippen molar-refractivity contribution < 1.29 is 19.4 Å². The number of carbonyl (C=O) groups is 1. The number of aliphatic hydroxyl groups excluding tert-OH is 1. The average Bonchev–Trinajstić information content (AvgIpc) is 2.18. The molecule has 0 aromatic carbocycles. The maximum absolute atomic E-state index is 11.1. The summed E-state index contributed by atoms with van der Waals surface area (Å²) in [6, 6.07) is 0. The van der Waals surface area contributed by atoms with Gasteiger partial charge in [0, 0.05) is 13.5 Å². The number of methoxy groups -OCH3 is 1. The Balaban J connectivity index is 3.72. The molecule has 5 heteroatoms. The third-order valence-electron chi connectivity index (χ3n) is 2.21. The number of ether oxygens (including phenoxy) is 2. The first-order valence-corrected chi connectivity index (χ1v) is 5.03. The normalized spacial score (nSPS) is 13.7. The minimum absolute atomic E-state index is 0.229. The van der Waals surface area contributed by atoms with E-state index < -0.39 is 12.1 Å². The van der Waals surface area contributed by atoms with Crippen LogP contribution in [0.15, 0.2) is 0 Å². The predicted molar refractivity (Wildman–Crippen MR) is 56.3 cm³/mol. The van der Waals surface area contributed by atoms with Crippen LogP contribution in [0.5, 0.6) is 0 Å². The first-order valence-electron chi connectivity index (χ1n) is 5.03. The van der Waals surface area contributed by atoms with E-state index in [9.17, 15) is 9.90 Å². The maximum atomic E-state index is 11.1. The van der Waals surface area contributed by atoms with Crippen molar-refractivity contribution in [2.45, 2.75) is 38.4 Å². The molecule has 0 saturated carbocycles. The quantitative estimate of drug-likeness (QED) is 0.591. The lowest BCUT2D eigenvalue weighted by Crippen LogP contribution is -2.29. The fraction of sp³-hybridized carbons (Fsp3) is 0.900. The number of hydrogen-bond donors (Lipinski definition) is 2. The molecule has 0 spiro atoms. The summed E-state index contributed by atoms with van der Waals surface area (Å²) in [5.41, 5.74) is 4.88. The molecule has 0 aromatic rings. The Morgan fingerprint density at radius 3 is 2.60 bits per heavy atom. The van der Waals surface area contributed by atoms with Crippen molar-refractivity contribution in [3.8, 4) is 0 Å². The number of hydrogen-bond acceptors (Lipinski definition) is 5. The lowest BCUT2D eigenvalue weighted by molar-refractivity contribution is -0.155. The second kappa shape index (κ2) is 6.76. The lowest BCUT2D eigenvalue weighted by Gasteiger charge is -2.22. The van der Waals surface area contributed by atoms with Gasteiger partial charge >= 0.3 is 5.97 Å². The van der Waals surface area contributed by atoms with E-state index in [1.165, 1.54) is 0 Å². The topological polar surface area (TPSA) is 81.8 Å². The molecule has 3 N–H and O–H groups in total. The zero-order valence-corrected chi connectivity index (χ0v) is 9.66. The summed E-state index contributed by atoms with van der Waals surface area (Å²) in [7, 11) is 1.60. The third kappa shape index (κ3) is 6.43. The Hall–Kier alpha value is -0.650. The molecule has 0 aliphatic rings. The number of carbonyl (C=O) groups excluding carboxylic acids is 1. The Morgan fingerprint density at radius 1 is 1.53 bits per heavy atom. The van der Waals surface area contributed by atoms with Gasteiger partial charge in [-0.2, -0.15) is 0 Å². The molecule has 0 amide bonds. The van der Waals surface area contributed by atoms with E-state index in [0.717, 1.165) is 0 Å². The summed E-state index contributed by atoms with van der Waals surface area (Å²) < 4.78 is 10.0. The van der Waals surface area contributed by atoms with Gasteiger partial charge < -0.3 is 20.3 Å². The molecule has 0 saturated heterocycles. The molecular formula is C10H21NO4. The van der Waals surface area contributed by atoms with Gasteiger partial charge in [0.15, 0.2) is 6.10 Å². The van der Waals surface area contributed by atoms with E-state index in [1.54, 1.807) is 7.11 Å². The van der Waals surface area contributed by atoms with Gasteiger partial charge in [-0.3, -0.25) is 0 Å². The van der Waals surface area contributed by atoms with E-state index in [0.29, 0.717) is 6.42 Å². The van der Waals surface area contributed by atoms with Crippen molar-refractivity contribution in [2.24, 2.45) is 5.73 Å². The minimum Gasteiger partial charge on any atom is -0.464 e. The smallest absolute Gasteiger partial charge is 0.335 e. The first kappa shape index (κ1) is 14.3. The van der Waals surface area contributed by atoms with Crippen LogP contribution in [0.1, 0.15) is 26.7 Å². The molecule has 0 aliphatic carbocycles. The Kier molecular flexibility index (Phi) is 6.47. The van der Waals surface area contributed by atoms with E-state index in [2.05, 4.69) is 0 Å². The molecule has 0 bridgehead atoms. The molecule has 90 valence electrons. The zero-order chi connectivity index (χ0) is 11.9. The molecule has 0 radical (unpaired) electrons. The zero-order valence-electron chi connectivity index (χ0n) is 9.66. The standard InChI is InChI=1S/C10H21NO4/c1-10(2,14-3)5-7-15-9(13)8(12)4-6-11/h8,12H,4-7,11H2,1-3H3. The maximum Gasteiger partial charge on any atom is 0.335 e. The van der Waals surface area contributed by atoms with Crippen LogP contribution in [0.25, 0.3) is 0 Å². The average molecular weight is 219 g/mol. The SMILES string of the molecule is COC(C)(C)CCOC(=O)C(O)CCN. The Bertz CT molecular complexity index is 194. The van der Waals surface area contributed by atoms with Gasteiger partial charge in [0.25, 0.3) is 0 Å². The van der Waals surface area contributed by atoms with Crippen molar-refractivity contribution in [3.63, 3.8) is 0 Å². The van der Waals surface area contributed by atoms with Crippen LogP contribution < -0.4 is 5.73 Å². The number of esters is 1. The van der Waals surface area contributed by atoms with Crippen LogP contribution in [0.3, 0.4) is 0 Å². The molecule has 0 rings (SSSR count). The molecule has 0 fully saturated rings. The summed E-state index contributed by atoms with van der Waals surface area (Å²) in [6.07, 6.45) is -0.294. The summed E-state index contributed by atoms with van der Waals surface area (Å²) in [6.45, 7) is 4.30. The van der Waals surface area contributed by atoms with Crippen LogP contribution >= 0.6 is 0 Å². The Morgan fingerprint density at radius 2 is 2.13 bits per heavy atom. The second-order valence-electron chi connectivity index (χ2n) is 3.97. The van der Waals surface area contributed by atoms with Crippen LogP contribution in [-0.2, 0) is 14.3 Å². The van der Waals surface area contributed by atoms with Crippen LogP contribution in [-0.4, -0.2) is 43.0 Å². The van der Waals surface area contributed by atoms with Crippen molar-refractivity contribution in [3.05, 3.63) is 0 Å². The van der Waals surface area contributed by atoms with Gasteiger partial charge in [0.1, 0.15) is 0 Å². The van der Waals surface area contributed by atoms with Gasteiger partial charge in [-0.25, -0.2) is 4.79 Å². The highest BCUT2D eigenvalue weighted by atomic mass is 16.5. The third-order valence-corrected chi connectivity index (χ3v) is 2.21. The summed E-state index contributed by atoms with van der Waals surface area (Å²) in [5, 5.41) is 9.22. The largest absolute Gasteiger partial charge is 0.464 e. The van der Waals surface area contributed by atoms with Crippen molar-refractivity contribution in [1.29, 1.82) is 0 Å². The lowest BCUT2D eigenvalue weighted by atomic mass is 10.1. The van der Waals surface area contributed by atoms with Gasteiger partial charge in [-0.1, -0.05) is 0 Å². The molecule has 5 nitrogen and oxygen atoms in total. The second-order valence-corrected chi connectivity index (χ2v) is 3.97. The van der Waals surface area contributed by atoms with Crippen LogP contribution in [0.2, 0.25) is 0 Å². The fourth-order valence-corrected chi connectivity index (χ4v) is 0.871. The molecule has 1 unspecified atom stereocenters. The number of aliphatic hydroxyl groups is 1. The van der Waals surface area contributed by atoms with Crippen molar-refractivity contribution in [2.75, 3.05) is 20.3 Å². The monoisotopic (exact) mass is 219 g/mol.